The Labute approximate surface area is 272 Å². The Morgan fingerprint density at radius 2 is 1.47 bits per heavy atom. The molecule has 2 fully saturated rings. The molecule has 3 rings (SSSR count). The molecule has 17 heteroatoms. The second-order valence-corrected chi connectivity index (χ2v) is 11.5. The third kappa shape index (κ3) is 11.2. The molecule has 5 unspecified atom stereocenters. The van der Waals surface area contributed by atoms with Gasteiger partial charge in [-0.1, -0.05) is 18.2 Å². The van der Waals surface area contributed by atoms with Crippen LogP contribution in [0.3, 0.4) is 0 Å². The summed E-state index contributed by atoms with van der Waals surface area (Å²) in [5.74, 6) is 0.494. The number of benzene rings is 1. The highest BCUT2D eigenvalue weighted by molar-refractivity contribution is 5.20. The molecule has 2 saturated heterocycles. The first kappa shape index (κ1) is 39.8. The minimum atomic E-state index is -1.81. The number of rotatable bonds is 20. The maximum atomic E-state index is 11.0. The lowest BCUT2D eigenvalue weighted by molar-refractivity contribution is -0.366. The number of aliphatic hydroxyl groups excluding tert-OH is 9. The average Bonchev–Trinajstić information content (AvgIpc) is 3.08. The monoisotopic (exact) mass is 681 g/mol. The Morgan fingerprint density at radius 1 is 0.809 bits per heavy atom. The molecule has 1 aromatic rings. The van der Waals surface area contributed by atoms with E-state index < -0.39 is 106 Å². The van der Waals surface area contributed by atoms with Gasteiger partial charge in [-0.25, -0.2) is 0 Å². The van der Waals surface area contributed by atoms with E-state index in [1.165, 1.54) is 0 Å². The smallest absolute Gasteiger partial charge is 0.187 e. The van der Waals surface area contributed by atoms with Crippen LogP contribution < -0.4 is 10.5 Å². The highest BCUT2D eigenvalue weighted by Crippen LogP contribution is 2.30. The summed E-state index contributed by atoms with van der Waals surface area (Å²) < 4.78 is 40.2. The van der Waals surface area contributed by atoms with Gasteiger partial charge in [0.05, 0.1) is 25.9 Å². The van der Waals surface area contributed by atoms with Crippen molar-refractivity contribution in [2.75, 3.05) is 39.6 Å². The first-order valence-corrected chi connectivity index (χ1v) is 15.7. The molecule has 0 saturated carbocycles. The van der Waals surface area contributed by atoms with E-state index in [0.29, 0.717) is 18.7 Å². The van der Waals surface area contributed by atoms with Crippen molar-refractivity contribution in [1.82, 2.24) is 0 Å². The van der Waals surface area contributed by atoms with Crippen molar-refractivity contribution in [2.45, 2.75) is 112 Å². The van der Waals surface area contributed by atoms with Crippen LogP contribution in [-0.2, 0) is 28.4 Å². The third-order valence-electron chi connectivity index (χ3n) is 7.93. The number of aliphatic hydroxyl groups is 9. The number of unbranched alkanes of at least 4 members (excludes halogenated alkanes) is 2. The molecule has 17 nitrogen and oxygen atoms in total. The summed E-state index contributed by atoms with van der Waals surface area (Å²) in [4.78, 5) is 0. The van der Waals surface area contributed by atoms with Crippen LogP contribution in [0, 0.1) is 0 Å². The van der Waals surface area contributed by atoms with Gasteiger partial charge >= 0.3 is 0 Å². The fraction of sp³-hybridized carbons (Fsp3) is 0.800. The van der Waals surface area contributed by atoms with Gasteiger partial charge in [-0.2, -0.15) is 0 Å². The molecule has 272 valence electrons. The van der Waals surface area contributed by atoms with Crippen LogP contribution in [-0.4, -0.2) is 172 Å². The summed E-state index contributed by atoms with van der Waals surface area (Å²) in [6.07, 6.45) is -18.7. The van der Waals surface area contributed by atoms with E-state index in [9.17, 15) is 46.0 Å². The van der Waals surface area contributed by atoms with Crippen LogP contribution in [0.1, 0.15) is 26.2 Å². The largest absolute Gasteiger partial charge is 0.491 e. The van der Waals surface area contributed by atoms with Gasteiger partial charge in [-0.05, 0) is 44.9 Å². The van der Waals surface area contributed by atoms with Crippen molar-refractivity contribution in [1.29, 1.82) is 0 Å². The Bertz CT molecular complexity index is 978. The molecule has 11 N–H and O–H groups in total. The number of ether oxygens (including phenoxy) is 7. The lowest BCUT2D eigenvalue weighted by atomic mass is 9.97. The maximum Gasteiger partial charge on any atom is 0.187 e. The minimum Gasteiger partial charge on any atom is -0.491 e. The van der Waals surface area contributed by atoms with Crippen LogP contribution in [0.4, 0.5) is 0 Å². The Morgan fingerprint density at radius 3 is 2.11 bits per heavy atom. The molecule has 47 heavy (non-hydrogen) atoms. The fourth-order valence-electron chi connectivity index (χ4n) is 5.07. The van der Waals surface area contributed by atoms with Gasteiger partial charge < -0.3 is 84.9 Å². The zero-order chi connectivity index (χ0) is 34.5. The fourth-order valence-corrected chi connectivity index (χ4v) is 5.07. The summed E-state index contributed by atoms with van der Waals surface area (Å²) in [5.41, 5.74) is 5.54. The summed E-state index contributed by atoms with van der Waals surface area (Å²) in [6, 6.07) is 8.75. The normalized spacial score (nSPS) is 34.0. The van der Waals surface area contributed by atoms with E-state index in [-0.39, 0.29) is 13.2 Å². The molecule has 1 aromatic carbocycles. The van der Waals surface area contributed by atoms with Gasteiger partial charge in [0.2, 0.25) is 0 Å². The zero-order valence-electron chi connectivity index (χ0n) is 26.3. The highest BCUT2D eigenvalue weighted by Gasteiger charge is 2.51. The van der Waals surface area contributed by atoms with E-state index in [2.05, 4.69) is 0 Å². The van der Waals surface area contributed by atoms with E-state index >= 15 is 0 Å². The number of nitrogens with two attached hydrogens (primary N) is 1. The van der Waals surface area contributed by atoms with Gasteiger partial charge in [-0.3, -0.25) is 0 Å². The van der Waals surface area contributed by atoms with Crippen molar-refractivity contribution in [3.63, 3.8) is 0 Å². The standard InChI is InChI=1S/C30H51NO16/c1-16(21(15-42-17-8-4-2-5-9-17)46-28(18(35)12-32)41-11-7-3-6-10-31)43-29-26(40)24(38)27(20(14-34)45-29)47-30-25(39)23(37)22(36)19(13-33)44-30/h2,4-5,8-9,16,18-30,32-40H,3,6-7,10-15,31H2,1H3/t16-,18-,19?,20?,21?,22-,23-,24?,25?,26-,27-,28+,29+,30+/m0/s1. The second-order valence-electron chi connectivity index (χ2n) is 11.5. The van der Waals surface area contributed by atoms with Crippen LogP contribution in [0.2, 0.25) is 0 Å². The topological polar surface area (TPSA) is 273 Å². The van der Waals surface area contributed by atoms with Crippen LogP contribution >= 0.6 is 0 Å². The van der Waals surface area contributed by atoms with Crippen molar-refractivity contribution in [3.8, 4) is 5.75 Å². The van der Waals surface area contributed by atoms with Gasteiger partial charge in [0.15, 0.2) is 18.9 Å². The van der Waals surface area contributed by atoms with E-state index in [0.717, 1.165) is 12.8 Å². The molecule has 2 aliphatic heterocycles. The molecule has 14 atom stereocenters. The van der Waals surface area contributed by atoms with Crippen molar-refractivity contribution in [3.05, 3.63) is 30.3 Å². The molecular weight excluding hydrogens is 630 g/mol. The van der Waals surface area contributed by atoms with E-state index in [1.54, 1.807) is 37.3 Å². The quantitative estimate of drug-likeness (QED) is 0.0468. The SMILES string of the molecule is C[C@H](O[C@@H]1OC(CO)[C@H](O[C@H]2OC(CO)[C@H](O)[C@H](O)C2O)C(O)[C@@H]1O)C(COc1ccccc1)O[C@@H](OCCCCCN)[C@@H](O)CO. The molecule has 2 heterocycles. The summed E-state index contributed by atoms with van der Waals surface area (Å²) in [5, 5.41) is 92.0. The summed E-state index contributed by atoms with van der Waals surface area (Å²) >= 11 is 0. The number of hydrogen-bond donors (Lipinski definition) is 10. The predicted octanol–water partition coefficient (Wildman–Crippen LogP) is -3.70. The van der Waals surface area contributed by atoms with Gasteiger partial charge in [0.25, 0.3) is 0 Å². The first-order chi connectivity index (χ1) is 22.6. The first-order valence-electron chi connectivity index (χ1n) is 15.7. The second kappa shape index (κ2) is 20.1. The average molecular weight is 682 g/mol. The lowest BCUT2D eigenvalue weighted by Crippen LogP contribution is -2.65. The Balaban J connectivity index is 1.72. The number of para-hydroxylation sites is 1. The number of hydrogen-bond acceptors (Lipinski definition) is 17. The summed E-state index contributed by atoms with van der Waals surface area (Å²) in [7, 11) is 0. The molecule has 0 aromatic heterocycles. The predicted molar refractivity (Wildman–Crippen MR) is 159 cm³/mol. The molecular formula is C30H51NO16. The molecule has 0 spiro atoms. The minimum absolute atomic E-state index is 0.145. The summed E-state index contributed by atoms with van der Waals surface area (Å²) in [6.45, 7) is -0.00728. The van der Waals surface area contributed by atoms with Crippen molar-refractivity contribution < 1.29 is 79.1 Å². The van der Waals surface area contributed by atoms with Gasteiger partial charge in [0.1, 0.15) is 73.4 Å². The van der Waals surface area contributed by atoms with Crippen molar-refractivity contribution >= 4 is 0 Å². The van der Waals surface area contributed by atoms with E-state index in [1.807, 2.05) is 0 Å². The maximum absolute atomic E-state index is 11.0. The molecule has 2 aliphatic rings. The van der Waals surface area contributed by atoms with E-state index in [4.69, 9.17) is 38.9 Å². The lowest BCUT2D eigenvalue weighted by Gasteiger charge is -2.46. The highest BCUT2D eigenvalue weighted by atomic mass is 16.8. The molecule has 0 aliphatic carbocycles. The van der Waals surface area contributed by atoms with Crippen LogP contribution in [0.15, 0.2) is 30.3 Å². The zero-order valence-corrected chi connectivity index (χ0v) is 26.3. The molecule has 0 radical (unpaired) electrons. The van der Waals surface area contributed by atoms with Crippen molar-refractivity contribution in [2.24, 2.45) is 5.73 Å². The molecule has 0 bridgehead atoms. The van der Waals surface area contributed by atoms with Gasteiger partial charge in [0, 0.05) is 6.61 Å². The Hall–Kier alpha value is -1.62. The van der Waals surface area contributed by atoms with Gasteiger partial charge in [-0.15, -0.1) is 0 Å². The Kier molecular flexibility index (Phi) is 17.1. The molecule has 0 amide bonds. The third-order valence-corrected chi connectivity index (χ3v) is 7.93. The van der Waals surface area contributed by atoms with Crippen LogP contribution in [0.5, 0.6) is 5.75 Å². The van der Waals surface area contributed by atoms with Crippen LogP contribution in [0.25, 0.3) is 0 Å².